The van der Waals surface area contributed by atoms with Crippen LogP contribution < -0.4 is 5.32 Å². The number of hydrogen-bond donors (Lipinski definition) is 1. The first-order valence-corrected chi connectivity index (χ1v) is 7.84. The number of rotatable bonds is 5. The lowest BCUT2D eigenvalue weighted by Gasteiger charge is -2.21. The summed E-state index contributed by atoms with van der Waals surface area (Å²) in [6, 6.07) is 9.05. The molecule has 1 atom stereocenters. The van der Waals surface area contributed by atoms with Gasteiger partial charge in [0, 0.05) is 10.6 Å². The van der Waals surface area contributed by atoms with Crippen molar-refractivity contribution in [2.45, 2.75) is 19.4 Å². The Morgan fingerprint density at radius 1 is 1.14 bits per heavy atom. The zero-order chi connectivity index (χ0) is 15.4. The normalized spacial score (nSPS) is 12.4. The van der Waals surface area contributed by atoms with E-state index >= 15 is 0 Å². The molecule has 1 N–H and O–H groups in total. The first kappa shape index (κ1) is 16.4. The second kappa shape index (κ2) is 7.34. The highest BCUT2D eigenvalue weighted by molar-refractivity contribution is 9.10. The molecule has 0 saturated heterocycles. The van der Waals surface area contributed by atoms with Crippen molar-refractivity contribution in [3.63, 3.8) is 0 Å². The van der Waals surface area contributed by atoms with E-state index in [1.165, 1.54) is 6.07 Å². The Morgan fingerprint density at radius 3 is 2.52 bits per heavy atom. The van der Waals surface area contributed by atoms with Crippen LogP contribution in [-0.4, -0.2) is 6.54 Å². The van der Waals surface area contributed by atoms with E-state index in [1.807, 2.05) is 19.1 Å². The molecule has 2 aromatic rings. The molecular formula is C16H15BrClF2N. The molecule has 21 heavy (non-hydrogen) atoms. The SMILES string of the molecule is CCCNC(c1cc(F)c(Br)cc1F)c1ccccc1Cl. The van der Waals surface area contributed by atoms with Crippen molar-refractivity contribution >= 4 is 27.5 Å². The summed E-state index contributed by atoms with van der Waals surface area (Å²) in [5, 5.41) is 3.75. The van der Waals surface area contributed by atoms with E-state index < -0.39 is 17.7 Å². The standard InChI is InChI=1S/C16H15BrClF2N/c1-2-7-21-16(10-5-3-4-6-13(10)18)11-8-15(20)12(17)9-14(11)19/h3-6,8-9,16,21H,2,7H2,1H3. The van der Waals surface area contributed by atoms with Crippen molar-refractivity contribution < 1.29 is 8.78 Å². The molecule has 0 aliphatic heterocycles. The largest absolute Gasteiger partial charge is 0.306 e. The van der Waals surface area contributed by atoms with Crippen LogP contribution in [-0.2, 0) is 0 Å². The monoisotopic (exact) mass is 373 g/mol. The van der Waals surface area contributed by atoms with Gasteiger partial charge in [-0.05, 0) is 52.7 Å². The molecule has 1 nitrogen and oxygen atoms in total. The predicted molar refractivity (Wildman–Crippen MR) is 85.6 cm³/mol. The molecule has 0 aromatic heterocycles. The van der Waals surface area contributed by atoms with Gasteiger partial charge in [-0.2, -0.15) is 0 Å². The van der Waals surface area contributed by atoms with Gasteiger partial charge >= 0.3 is 0 Å². The Balaban J connectivity index is 2.51. The second-order valence-corrected chi connectivity index (χ2v) is 5.96. The van der Waals surface area contributed by atoms with Gasteiger partial charge in [0.15, 0.2) is 0 Å². The number of halogens is 4. The first-order chi connectivity index (χ1) is 10.0. The van der Waals surface area contributed by atoms with Crippen molar-refractivity contribution in [2.24, 2.45) is 0 Å². The van der Waals surface area contributed by atoms with Gasteiger partial charge in [-0.3, -0.25) is 0 Å². The van der Waals surface area contributed by atoms with Gasteiger partial charge in [0.25, 0.3) is 0 Å². The molecule has 5 heteroatoms. The highest BCUT2D eigenvalue weighted by Crippen LogP contribution is 2.32. The fourth-order valence-corrected chi connectivity index (χ4v) is 2.70. The third-order valence-corrected chi connectivity index (χ3v) is 4.12. The maximum Gasteiger partial charge on any atom is 0.137 e. The highest BCUT2D eigenvalue weighted by atomic mass is 79.9. The maximum atomic E-state index is 14.2. The molecule has 0 heterocycles. The summed E-state index contributed by atoms with van der Waals surface area (Å²) < 4.78 is 28.1. The van der Waals surface area contributed by atoms with Crippen LogP contribution in [0.25, 0.3) is 0 Å². The van der Waals surface area contributed by atoms with Crippen molar-refractivity contribution in [3.05, 3.63) is 68.7 Å². The van der Waals surface area contributed by atoms with E-state index in [0.29, 0.717) is 11.6 Å². The minimum atomic E-state index is -0.498. The molecule has 0 amide bonds. The molecule has 0 aliphatic carbocycles. The second-order valence-electron chi connectivity index (χ2n) is 4.70. The Kier molecular flexibility index (Phi) is 5.73. The summed E-state index contributed by atoms with van der Waals surface area (Å²) in [4.78, 5) is 0. The molecule has 0 spiro atoms. The van der Waals surface area contributed by atoms with Gasteiger partial charge in [0.05, 0.1) is 10.5 Å². The maximum absolute atomic E-state index is 14.2. The minimum absolute atomic E-state index is 0.108. The lowest BCUT2D eigenvalue weighted by molar-refractivity contribution is 0.533. The summed E-state index contributed by atoms with van der Waals surface area (Å²) in [5.74, 6) is -0.974. The Labute approximate surface area is 136 Å². The van der Waals surface area contributed by atoms with Crippen LogP contribution in [0.5, 0.6) is 0 Å². The number of benzene rings is 2. The summed E-state index contributed by atoms with van der Waals surface area (Å²) >= 11 is 9.20. The van der Waals surface area contributed by atoms with E-state index in [-0.39, 0.29) is 10.0 Å². The van der Waals surface area contributed by atoms with Crippen LogP contribution in [0.15, 0.2) is 40.9 Å². The summed E-state index contributed by atoms with van der Waals surface area (Å²) in [6.45, 7) is 2.68. The fraction of sp³-hybridized carbons (Fsp3) is 0.250. The van der Waals surface area contributed by atoms with E-state index in [0.717, 1.165) is 18.1 Å². The van der Waals surface area contributed by atoms with Crippen LogP contribution >= 0.6 is 27.5 Å². The van der Waals surface area contributed by atoms with Gasteiger partial charge in [-0.25, -0.2) is 8.78 Å². The number of hydrogen-bond acceptors (Lipinski definition) is 1. The lowest BCUT2D eigenvalue weighted by Crippen LogP contribution is -2.24. The Hall–Kier alpha value is -0.970. The first-order valence-electron chi connectivity index (χ1n) is 6.66. The van der Waals surface area contributed by atoms with Gasteiger partial charge < -0.3 is 5.32 Å². The van der Waals surface area contributed by atoms with Crippen molar-refractivity contribution in [1.82, 2.24) is 5.32 Å². The average molecular weight is 375 g/mol. The summed E-state index contributed by atoms with van der Waals surface area (Å²) in [7, 11) is 0. The summed E-state index contributed by atoms with van der Waals surface area (Å²) in [5.41, 5.74) is 0.977. The molecule has 0 aliphatic rings. The summed E-state index contributed by atoms with van der Waals surface area (Å²) in [6.07, 6.45) is 0.877. The number of nitrogens with one attached hydrogen (secondary N) is 1. The van der Waals surface area contributed by atoms with Gasteiger partial charge in [-0.1, -0.05) is 36.7 Å². The molecule has 0 radical (unpaired) electrons. The molecular weight excluding hydrogens is 360 g/mol. The van der Waals surface area contributed by atoms with E-state index in [4.69, 9.17) is 11.6 Å². The zero-order valence-corrected chi connectivity index (χ0v) is 13.8. The van der Waals surface area contributed by atoms with Crippen LogP contribution in [0.3, 0.4) is 0 Å². The van der Waals surface area contributed by atoms with Crippen molar-refractivity contribution in [3.8, 4) is 0 Å². The molecule has 0 bridgehead atoms. The lowest BCUT2D eigenvalue weighted by atomic mass is 9.97. The molecule has 0 saturated carbocycles. The zero-order valence-electron chi connectivity index (χ0n) is 11.5. The quantitative estimate of drug-likeness (QED) is 0.684. The van der Waals surface area contributed by atoms with Crippen LogP contribution in [0.4, 0.5) is 8.78 Å². The molecule has 1 unspecified atom stereocenters. The van der Waals surface area contributed by atoms with Crippen molar-refractivity contribution in [2.75, 3.05) is 6.54 Å². The molecule has 2 rings (SSSR count). The van der Waals surface area contributed by atoms with Gasteiger partial charge in [0.2, 0.25) is 0 Å². The van der Waals surface area contributed by atoms with Crippen molar-refractivity contribution in [1.29, 1.82) is 0 Å². The van der Waals surface area contributed by atoms with Crippen LogP contribution in [0.2, 0.25) is 5.02 Å². The fourth-order valence-electron chi connectivity index (χ4n) is 2.14. The minimum Gasteiger partial charge on any atom is -0.306 e. The van der Waals surface area contributed by atoms with E-state index in [1.54, 1.807) is 12.1 Å². The van der Waals surface area contributed by atoms with Gasteiger partial charge in [0.1, 0.15) is 11.6 Å². The molecule has 2 aromatic carbocycles. The predicted octanol–water partition coefficient (Wildman–Crippen LogP) is 5.47. The molecule has 0 fully saturated rings. The topological polar surface area (TPSA) is 12.0 Å². The van der Waals surface area contributed by atoms with Crippen LogP contribution in [0, 0.1) is 11.6 Å². The van der Waals surface area contributed by atoms with E-state index in [2.05, 4.69) is 21.2 Å². The van der Waals surface area contributed by atoms with Crippen LogP contribution in [0.1, 0.15) is 30.5 Å². The smallest absolute Gasteiger partial charge is 0.137 e. The Bertz CT molecular complexity index is 634. The van der Waals surface area contributed by atoms with Gasteiger partial charge in [-0.15, -0.1) is 0 Å². The third kappa shape index (κ3) is 3.82. The average Bonchev–Trinajstić information content (AvgIpc) is 2.46. The Morgan fingerprint density at radius 2 is 1.86 bits per heavy atom. The molecule has 112 valence electrons. The third-order valence-electron chi connectivity index (χ3n) is 3.17. The highest BCUT2D eigenvalue weighted by Gasteiger charge is 2.21. The van der Waals surface area contributed by atoms with E-state index in [9.17, 15) is 8.78 Å².